The molecule has 0 spiro atoms. The van der Waals surface area contributed by atoms with Crippen LogP contribution >= 0.6 is 23.4 Å². The first-order valence-corrected chi connectivity index (χ1v) is 8.92. The number of nitrogens with one attached hydrogen (secondary N) is 1. The number of carbonyl (C=O) groups excluding carboxylic acids is 2. The summed E-state index contributed by atoms with van der Waals surface area (Å²) in [6.07, 6.45) is 0.0624. The number of benzene rings is 2. The molecule has 0 aromatic heterocycles. The smallest absolute Gasteiger partial charge is 0.242 e. The van der Waals surface area contributed by atoms with Crippen LogP contribution in [0.5, 0.6) is 0 Å². The van der Waals surface area contributed by atoms with Crippen LogP contribution in [-0.2, 0) is 9.59 Å². The first kappa shape index (κ1) is 17.5. The molecule has 1 saturated heterocycles. The molecule has 1 heterocycles. The summed E-state index contributed by atoms with van der Waals surface area (Å²) >= 11 is 7.33. The largest absolute Gasteiger partial charge is 0.325 e. The van der Waals surface area contributed by atoms with Crippen molar-refractivity contribution in [3.05, 3.63) is 59.6 Å². The number of para-hydroxylation sites is 2. The van der Waals surface area contributed by atoms with E-state index >= 15 is 0 Å². The molecule has 0 aliphatic carbocycles. The molecule has 0 saturated carbocycles. The van der Waals surface area contributed by atoms with E-state index in [-0.39, 0.29) is 18.2 Å². The molecular formula is C18H16ClN3O2S. The van der Waals surface area contributed by atoms with Gasteiger partial charge >= 0.3 is 0 Å². The zero-order valence-electron chi connectivity index (χ0n) is 13.5. The van der Waals surface area contributed by atoms with Crippen LogP contribution in [0.3, 0.4) is 0 Å². The van der Waals surface area contributed by atoms with E-state index in [1.54, 1.807) is 31.3 Å². The van der Waals surface area contributed by atoms with Crippen LogP contribution in [0.4, 0.5) is 11.4 Å². The van der Waals surface area contributed by atoms with Gasteiger partial charge in [-0.15, -0.1) is 0 Å². The summed E-state index contributed by atoms with van der Waals surface area (Å²) in [5.74, 6) is -0.387. The van der Waals surface area contributed by atoms with E-state index in [4.69, 9.17) is 11.6 Å². The Bertz CT molecular complexity index is 826. The van der Waals surface area contributed by atoms with Gasteiger partial charge in [0.1, 0.15) is 5.25 Å². The molecule has 1 fully saturated rings. The monoisotopic (exact) mass is 373 g/mol. The lowest BCUT2D eigenvalue weighted by atomic mass is 10.2. The van der Waals surface area contributed by atoms with Crippen LogP contribution in [0.2, 0.25) is 5.02 Å². The van der Waals surface area contributed by atoms with Crippen LogP contribution in [0, 0.1) is 0 Å². The number of aliphatic imine (C=N–C) groups is 1. The standard InChI is InChI=1S/C18H16ClN3O2S/c1-22-17(24)15(25-18(22)20-12-7-3-2-4-8-12)11-16(23)21-14-10-6-5-9-13(14)19/h2-10,15H,11H2,1H3,(H,21,23)/t15-/m1/s1. The molecule has 7 heteroatoms. The van der Waals surface area contributed by atoms with Gasteiger partial charge < -0.3 is 5.32 Å². The number of hydrogen-bond acceptors (Lipinski definition) is 4. The zero-order chi connectivity index (χ0) is 17.8. The van der Waals surface area contributed by atoms with Gasteiger partial charge in [-0.3, -0.25) is 14.5 Å². The van der Waals surface area contributed by atoms with Crippen molar-refractivity contribution >= 4 is 51.7 Å². The highest BCUT2D eigenvalue weighted by atomic mass is 35.5. The predicted octanol–water partition coefficient (Wildman–Crippen LogP) is 3.93. The van der Waals surface area contributed by atoms with Crippen LogP contribution in [-0.4, -0.2) is 34.2 Å². The van der Waals surface area contributed by atoms with Crippen LogP contribution in [0.25, 0.3) is 0 Å². The summed E-state index contributed by atoms with van der Waals surface area (Å²) in [5.41, 5.74) is 1.31. The average Bonchev–Trinajstić information content (AvgIpc) is 2.86. The lowest BCUT2D eigenvalue weighted by Crippen LogP contribution is -2.30. The van der Waals surface area contributed by atoms with Crippen LogP contribution in [0.1, 0.15) is 6.42 Å². The summed E-state index contributed by atoms with van der Waals surface area (Å²) in [6, 6.07) is 16.4. The molecule has 2 aromatic rings. The van der Waals surface area contributed by atoms with Crippen molar-refractivity contribution in [1.29, 1.82) is 0 Å². The summed E-state index contributed by atoms with van der Waals surface area (Å²) < 4.78 is 0. The number of rotatable bonds is 4. The third-order valence-electron chi connectivity index (χ3n) is 3.64. The number of halogens is 1. The highest BCUT2D eigenvalue weighted by Crippen LogP contribution is 2.31. The van der Waals surface area contributed by atoms with E-state index in [1.807, 2.05) is 30.3 Å². The van der Waals surface area contributed by atoms with Gasteiger partial charge in [0.15, 0.2) is 5.17 Å². The van der Waals surface area contributed by atoms with Gasteiger partial charge in [0.25, 0.3) is 0 Å². The fourth-order valence-corrected chi connectivity index (χ4v) is 3.68. The fourth-order valence-electron chi connectivity index (χ4n) is 2.34. The number of hydrogen-bond donors (Lipinski definition) is 1. The van der Waals surface area contributed by atoms with Gasteiger partial charge in [0.05, 0.1) is 16.4 Å². The van der Waals surface area contributed by atoms with Gasteiger partial charge in [0, 0.05) is 13.5 Å². The topological polar surface area (TPSA) is 61.8 Å². The molecule has 5 nitrogen and oxygen atoms in total. The molecule has 0 bridgehead atoms. The maximum Gasteiger partial charge on any atom is 0.242 e. The SMILES string of the molecule is CN1C(=O)[C@@H](CC(=O)Nc2ccccc2Cl)SC1=Nc1ccccc1. The fraction of sp³-hybridized carbons (Fsp3) is 0.167. The van der Waals surface area contributed by atoms with Gasteiger partial charge in [-0.1, -0.05) is 53.7 Å². The molecule has 2 amide bonds. The Morgan fingerprint density at radius 3 is 2.60 bits per heavy atom. The Hall–Kier alpha value is -2.31. The van der Waals surface area contributed by atoms with Crippen molar-refractivity contribution in [3.8, 4) is 0 Å². The Labute approximate surface area is 155 Å². The van der Waals surface area contributed by atoms with Gasteiger partial charge in [-0.25, -0.2) is 4.99 Å². The van der Waals surface area contributed by atoms with Crippen LogP contribution in [0.15, 0.2) is 59.6 Å². The molecule has 0 unspecified atom stereocenters. The first-order valence-electron chi connectivity index (χ1n) is 7.67. The predicted molar refractivity (Wildman–Crippen MR) is 102 cm³/mol. The molecule has 1 N–H and O–H groups in total. The van der Waals surface area contributed by atoms with Crippen molar-refractivity contribution in [1.82, 2.24) is 4.90 Å². The minimum atomic E-state index is -0.491. The van der Waals surface area contributed by atoms with E-state index < -0.39 is 5.25 Å². The third kappa shape index (κ3) is 4.21. The molecule has 2 aromatic carbocycles. The lowest BCUT2D eigenvalue weighted by Gasteiger charge is -2.10. The van der Waals surface area contributed by atoms with E-state index in [9.17, 15) is 9.59 Å². The van der Waals surface area contributed by atoms with E-state index in [0.717, 1.165) is 5.69 Å². The quantitative estimate of drug-likeness (QED) is 0.883. The number of amidine groups is 1. The van der Waals surface area contributed by atoms with E-state index in [1.165, 1.54) is 16.7 Å². The Kier molecular flexibility index (Phi) is 5.40. The van der Waals surface area contributed by atoms with Crippen molar-refractivity contribution in [2.24, 2.45) is 4.99 Å². The highest BCUT2D eigenvalue weighted by Gasteiger charge is 2.37. The van der Waals surface area contributed by atoms with Crippen molar-refractivity contribution in [2.75, 3.05) is 12.4 Å². The normalized spacial score (nSPS) is 18.6. The van der Waals surface area contributed by atoms with Gasteiger partial charge in [0.2, 0.25) is 11.8 Å². The Balaban J connectivity index is 1.67. The summed E-state index contributed by atoms with van der Waals surface area (Å²) in [6.45, 7) is 0. The number of anilines is 1. The maximum atomic E-state index is 12.4. The van der Waals surface area contributed by atoms with Crippen LogP contribution < -0.4 is 5.32 Å². The van der Waals surface area contributed by atoms with Crippen molar-refractivity contribution in [2.45, 2.75) is 11.7 Å². The molecule has 25 heavy (non-hydrogen) atoms. The molecule has 1 atom stereocenters. The minimum Gasteiger partial charge on any atom is -0.325 e. The summed E-state index contributed by atoms with van der Waals surface area (Å²) in [5, 5.41) is 3.30. The number of nitrogens with zero attached hydrogens (tertiary/aromatic N) is 2. The van der Waals surface area contributed by atoms with E-state index in [2.05, 4.69) is 10.3 Å². The molecule has 128 valence electrons. The average molecular weight is 374 g/mol. The summed E-state index contributed by atoms with van der Waals surface area (Å²) in [7, 11) is 1.67. The van der Waals surface area contributed by atoms with Gasteiger partial charge in [-0.05, 0) is 24.3 Å². The Morgan fingerprint density at radius 1 is 1.20 bits per heavy atom. The van der Waals surface area contributed by atoms with Crippen molar-refractivity contribution < 1.29 is 9.59 Å². The molecule has 0 radical (unpaired) electrons. The zero-order valence-corrected chi connectivity index (χ0v) is 15.1. The first-order chi connectivity index (χ1) is 12.0. The minimum absolute atomic E-state index is 0.0624. The second-order valence-corrected chi connectivity index (χ2v) is 7.04. The second-order valence-electron chi connectivity index (χ2n) is 5.47. The second kappa shape index (κ2) is 7.72. The van der Waals surface area contributed by atoms with Gasteiger partial charge in [-0.2, -0.15) is 0 Å². The molecule has 1 aliphatic rings. The Morgan fingerprint density at radius 2 is 1.88 bits per heavy atom. The lowest BCUT2D eigenvalue weighted by molar-refractivity contribution is -0.127. The third-order valence-corrected chi connectivity index (χ3v) is 5.20. The molecular weight excluding hydrogens is 358 g/mol. The highest BCUT2D eigenvalue weighted by molar-refractivity contribution is 8.15. The maximum absolute atomic E-state index is 12.4. The molecule has 1 aliphatic heterocycles. The number of thioether (sulfide) groups is 1. The van der Waals surface area contributed by atoms with E-state index in [0.29, 0.717) is 15.9 Å². The number of amides is 2. The molecule has 3 rings (SSSR count). The summed E-state index contributed by atoms with van der Waals surface area (Å²) in [4.78, 5) is 30.6. The van der Waals surface area contributed by atoms with Crippen molar-refractivity contribution in [3.63, 3.8) is 0 Å². The number of carbonyl (C=O) groups is 2.